The van der Waals surface area contributed by atoms with Crippen LogP contribution in [0.4, 0.5) is 0 Å². The summed E-state index contributed by atoms with van der Waals surface area (Å²) in [6, 6.07) is 3.50. The number of methoxy groups -OCH3 is 1. The molecule has 0 radical (unpaired) electrons. The maximum Gasteiger partial charge on any atom is 0.323 e. The van der Waals surface area contributed by atoms with E-state index in [4.69, 9.17) is 21.1 Å². The molecule has 0 fully saturated rings. The number of halogens is 1. The first-order chi connectivity index (χ1) is 15.4. The van der Waals surface area contributed by atoms with Crippen LogP contribution >= 0.6 is 11.6 Å². The largest absolute Gasteiger partial charge is 0.493 e. The smallest absolute Gasteiger partial charge is 0.323 e. The molecule has 0 saturated carbocycles. The summed E-state index contributed by atoms with van der Waals surface area (Å²) in [6.45, 7) is 1.99. The van der Waals surface area contributed by atoms with Crippen LogP contribution in [0.25, 0.3) is 0 Å². The molecule has 3 aliphatic rings. The number of nitrogens with zero attached hydrogens (tertiary/aromatic N) is 1. The molecule has 0 bridgehead atoms. The number of hydrogen-bond donors (Lipinski definition) is 1. The van der Waals surface area contributed by atoms with E-state index in [1.807, 2.05) is 6.92 Å². The van der Waals surface area contributed by atoms with Gasteiger partial charge in [0, 0.05) is 41.3 Å². The summed E-state index contributed by atoms with van der Waals surface area (Å²) < 4.78 is 11.1. The Labute approximate surface area is 191 Å². The van der Waals surface area contributed by atoms with E-state index in [1.165, 1.54) is 7.11 Å². The fraction of sp³-hybridized carbons (Fsp3) is 0.458. The van der Waals surface area contributed by atoms with Gasteiger partial charge in [-0.3, -0.25) is 14.4 Å². The first kappa shape index (κ1) is 22.4. The Hall–Kier alpha value is -2.80. The number of carboxylic acids is 1. The van der Waals surface area contributed by atoms with Crippen molar-refractivity contribution >= 4 is 29.1 Å². The molecule has 170 valence electrons. The van der Waals surface area contributed by atoms with Gasteiger partial charge in [0.25, 0.3) is 0 Å². The number of aliphatic carboxylic acids is 1. The number of hydrogen-bond acceptors (Lipinski definition) is 6. The number of ketones is 2. The summed E-state index contributed by atoms with van der Waals surface area (Å²) in [5.41, 5.74) is 3.12. The molecule has 0 aromatic heterocycles. The van der Waals surface area contributed by atoms with Crippen molar-refractivity contribution in [3.8, 4) is 11.5 Å². The Morgan fingerprint density at radius 1 is 1.09 bits per heavy atom. The van der Waals surface area contributed by atoms with Crippen LogP contribution in [0.5, 0.6) is 11.5 Å². The molecule has 0 saturated heterocycles. The molecule has 7 nitrogen and oxygen atoms in total. The van der Waals surface area contributed by atoms with E-state index < -0.39 is 11.9 Å². The molecule has 1 aliphatic heterocycles. The minimum Gasteiger partial charge on any atom is -0.493 e. The minimum absolute atomic E-state index is 0.0551. The Balaban J connectivity index is 1.96. The van der Waals surface area contributed by atoms with E-state index in [9.17, 15) is 19.5 Å². The zero-order chi connectivity index (χ0) is 23.0. The molecule has 1 N–H and O–H groups in total. The predicted octanol–water partition coefficient (Wildman–Crippen LogP) is 4.25. The van der Waals surface area contributed by atoms with Gasteiger partial charge in [-0.05, 0) is 50.3 Å². The number of rotatable bonds is 6. The summed E-state index contributed by atoms with van der Waals surface area (Å²) in [5.74, 6) is -0.854. The van der Waals surface area contributed by atoms with Crippen LogP contribution in [0, 0.1) is 0 Å². The van der Waals surface area contributed by atoms with E-state index in [1.54, 1.807) is 17.0 Å². The van der Waals surface area contributed by atoms with Gasteiger partial charge in [0.2, 0.25) is 0 Å². The molecule has 1 heterocycles. The van der Waals surface area contributed by atoms with Gasteiger partial charge >= 0.3 is 5.97 Å². The third kappa shape index (κ3) is 3.79. The van der Waals surface area contributed by atoms with Gasteiger partial charge in [-0.15, -0.1) is 0 Å². The number of benzene rings is 1. The number of carbonyl (C=O) groups excluding carboxylic acids is 2. The van der Waals surface area contributed by atoms with E-state index in [-0.39, 0.29) is 18.1 Å². The van der Waals surface area contributed by atoms with E-state index in [2.05, 4.69) is 0 Å². The van der Waals surface area contributed by atoms with Crippen molar-refractivity contribution in [2.45, 2.75) is 51.4 Å². The van der Waals surface area contributed by atoms with Crippen molar-refractivity contribution < 1.29 is 29.0 Å². The maximum atomic E-state index is 13.2. The van der Waals surface area contributed by atoms with Gasteiger partial charge in [0.15, 0.2) is 23.1 Å². The number of carbonyl (C=O) groups is 3. The van der Waals surface area contributed by atoms with Crippen LogP contribution in [-0.2, 0) is 14.4 Å². The number of carboxylic acid groups (broad SMARTS) is 1. The molecule has 0 spiro atoms. The van der Waals surface area contributed by atoms with Gasteiger partial charge in [-0.2, -0.15) is 0 Å². The quantitative estimate of drug-likeness (QED) is 0.679. The van der Waals surface area contributed by atoms with Crippen LogP contribution in [0.2, 0.25) is 5.02 Å². The van der Waals surface area contributed by atoms with Crippen LogP contribution in [0.1, 0.15) is 56.9 Å². The lowest BCUT2D eigenvalue weighted by Crippen LogP contribution is -2.41. The summed E-state index contributed by atoms with van der Waals surface area (Å²) in [5, 5.41) is 9.88. The molecular formula is C24H26ClNO6. The fourth-order valence-corrected chi connectivity index (χ4v) is 5.34. The molecule has 1 aromatic carbocycles. The third-order valence-electron chi connectivity index (χ3n) is 6.25. The lowest BCUT2D eigenvalue weighted by atomic mass is 9.71. The van der Waals surface area contributed by atoms with Crippen molar-refractivity contribution in [1.82, 2.24) is 4.90 Å². The van der Waals surface area contributed by atoms with Crippen molar-refractivity contribution in [1.29, 1.82) is 0 Å². The highest BCUT2D eigenvalue weighted by Crippen LogP contribution is 2.51. The molecule has 1 aromatic rings. The second-order valence-electron chi connectivity index (χ2n) is 8.15. The Morgan fingerprint density at radius 3 is 2.19 bits per heavy atom. The number of allylic oxidation sites excluding steroid dienone is 4. The van der Waals surface area contributed by atoms with Crippen molar-refractivity contribution in [2.75, 3.05) is 20.3 Å². The SMILES string of the molecule is CCOc1c(Cl)cc(C2C3=C(CCCC3=O)N(CC(=O)O)C3=C2C(=O)CCC3)cc1OC. The first-order valence-electron chi connectivity index (χ1n) is 10.9. The topological polar surface area (TPSA) is 93.1 Å². The normalized spacial score (nSPS) is 19.2. The lowest BCUT2D eigenvalue weighted by molar-refractivity contribution is -0.138. The highest BCUT2D eigenvalue weighted by Gasteiger charge is 2.44. The Morgan fingerprint density at radius 2 is 1.69 bits per heavy atom. The standard InChI is InChI=1S/C24H26ClNO6/c1-3-32-24-14(25)10-13(11-19(24)31-2)21-22-15(6-4-8-17(22)27)26(12-20(29)30)16-7-5-9-18(28)23(16)21/h10-11,21H,3-9,12H2,1-2H3,(H,29,30). The average Bonchev–Trinajstić information content (AvgIpc) is 2.75. The summed E-state index contributed by atoms with van der Waals surface area (Å²) in [6.07, 6.45) is 3.24. The van der Waals surface area contributed by atoms with Gasteiger partial charge in [-0.1, -0.05) is 11.6 Å². The second kappa shape index (κ2) is 8.98. The monoisotopic (exact) mass is 459 g/mol. The zero-order valence-corrected chi connectivity index (χ0v) is 19.0. The summed E-state index contributed by atoms with van der Waals surface area (Å²) in [7, 11) is 1.51. The molecule has 32 heavy (non-hydrogen) atoms. The Bertz CT molecular complexity index is 1010. The molecule has 0 atom stereocenters. The summed E-state index contributed by atoms with van der Waals surface area (Å²) >= 11 is 6.54. The molecule has 0 amide bonds. The van der Waals surface area contributed by atoms with E-state index >= 15 is 0 Å². The van der Waals surface area contributed by atoms with Gasteiger partial charge in [0.1, 0.15) is 6.54 Å². The van der Waals surface area contributed by atoms with Gasteiger partial charge in [-0.25, -0.2) is 0 Å². The van der Waals surface area contributed by atoms with Crippen molar-refractivity contribution in [2.24, 2.45) is 0 Å². The molecule has 8 heteroatoms. The van der Waals surface area contributed by atoms with Crippen LogP contribution < -0.4 is 9.47 Å². The van der Waals surface area contributed by atoms with E-state index in [0.29, 0.717) is 89.8 Å². The zero-order valence-electron chi connectivity index (χ0n) is 18.2. The van der Waals surface area contributed by atoms with Crippen LogP contribution in [0.15, 0.2) is 34.7 Å². The molecule has 4 rings (SSSR count). The maximum absolute atomic E-state index is 13.2. The summed E-state index contributed by atoms with van der Waals surface area (Å²) in [4.78, 5) is 39.7. The van der Waals surface area contributed by atoms with Crippen LogP contribution in [-0.4, -0.2) is 47.8 Å². The lowest BCUT2D eigenvalue weighted by Gasteiger charge is -2.43. The number of Topliss-reactive ketones (excluding diaryl/α,β-unsaturated/α-hetero) is 2. The molecule has 2 aliphatic carbocycles. The van der Waals surface area contributed by atoms with Gasteiger partial charge in [0.05, 0.1) is 18.7 Å². The number of ether oxygens (including phenoxy) is 2. The highest BCUT2D eigenvalue weighted by molar-refractivity contribution is 6.32. The van der Waals surface area contributed by atoms with Gasteiger partial charge < -0.3 is 19.5 Å². The first-order valence-corrected chi connectivity index (χ1v) is 11.3. The minimum atomic E-state index is -0.996. The second-order valence-corrected chi connectivity index (χ2v) is 8.56. The molecular weight excluding hydrogens is 434 g/mol. The van der Waals surface area contributed by atoms with Crippen molar-refractivity contribution in [3.05, 3.63) is 45.3 Å². The molecule has 0 unspecified atom stereocenters. The fourth-order valence-electron chi connectivity index (χ4n) is 5.07. The predicted molar refractivity (Wildman–Crippen MR) is 118 cm³/mol. The van der Waals surface area contributed by atoms with E-state index in [0.717, 1.165) is 0 Å². The highest BCUT2D eigenvalue weighted by atomic mass is 35.5. The average molecular weight is 460 g/mol. The van der Waals surface area contributed by atoms with Crippen molar-refractivity contribution in [3.63, 3.8) is 0 Å². The van der Waals surface area contributed by atoms with Crippen LogP contribution in [0.3, 0.4) is 0 Å². The Kier molecular flexibility index (Phi) is 6.29. The third-order valence-corrected chi connectivity index (χ3v) is 6.53.